The maximum atomic E-state index is 12.3. The molecule has 0 bridgehead atoms. The fourth-order valence-corrected chi connectivity index (χ4v) is 2.67. The molecule has 1 saturated heterocycles. The number of morpholine rings is 1. The lowest BCUT2D eigenvalue weighted by Crippen LogP contribution is -2.44. The van der Waals surface area contributed by atoms with E-state index in [0.717, 1.165) is 11.3 Å². The summed E-state index contributed by atoms with van der Waals surface area (Å²) in [5, 5.41) is 3.57. The molecular formula is C17H17ClN2O2. The van der Waals surface area contributed by atoms with Crippen LogP contribution in [0, 0.1) is 0 Å². The van der Waals surface area contributed by atoms with Gasteiger partial charge in [-0.1, -0.05) is 41.9 Å². The van der Waals surface area contributed by atoms with Gasteiger partial charge >= 0.3 is 6.03 Å². The molecule has 3 rings (SSSR count). The Hall–Kier alpha value is -2.04. The smallest absolute Gasteiger partial charge is 0.322 e. The molecule has 2 amide bonds. The molecule has 5 heteroatoms. The lowest BCUT2D eigenvalue weighted by molar-refractivity contribution is -0.0135. The Morgan fingerprint density at radius 2 is 2.00 bits per heavy atom. The molecule has 1 aliphatic rings. The zero-order valence-corrected chi connectivity index (χ0v) is 12.8. The third-order valence-electron chi connectivity index (χ3n) is 3.60. The van der Waals surface area contributed by atoms with Gasteiger partial charge in [0.05, 0.1) is 13.2 Å². The van der Waals surface area contributed by atoms with Crippen LogP contribution in [-0.4, -0.2) is 30.6 Å². The van der Waals surface area contributed by atoms with Crippen molar-refractivity contribution in [2.75, 3.05) is 25.0 Å². The minimum absolute atomic E-state index is 0.110. The van der Waals surface area contributed by atoms with E-state index in [0.29, 0.717) is 24.7 Å². The van der Waals surface area contributed by atoms with Gasteiger partial charge in [-0.3, -0.25) is 0 Å². The molecule has 1 atom stereocenters. The van der Waals surface area contributed by atoms with Crippen molar-refractivity contribution in [2.24, 2.45) is 0 Å². The van der Waals surface area contributed by atoms with Crippen LogP contribution in [0.25, 0.3) is 0 Å². The van der Waals surface area contributed by atoms with Gasteiger partial charge < -0.3 is 15.0 Å². The average Bonchev–Trinajstić information content (AvgIpc) is 2.56. The topological polar surface area (TPSA) is 41.6 Å². The first-order valence-corrected chi connectivity index (χ1v) is 7.58. The quantitative estimate of drug-likeness (QED) is 0.911. The summed E-state index contributed by atoms with van der Waals surface area (Å²) in [6.45, 7) is 1.61. The van der Waals surface area contributed by atoms with Crippen LogP contribution in [-0.2, 0) is 4.74 Å². The number of nitrogens with one attached hydrogen (secondary N) is 1. The van der Waals surface area contributed by atoms with Gasteiger partial charge in [0.2, 0.25) is 0 Å². The fourth-order valence-electron chi connectivity index (χ4n) is 2.47. The van der Waals surface area contributed by atoms with Crippen LogP contribution in [0.4, 0.5) is 10.5 Å². The Morgan fingerprint density at radius 3 is 2.77 bits per heavy atom. The highest BCUT2D eigenvalue weighted by atomic mass is 35.5. The summed E-state index contributed by atoms with van der Waals surface area (Å²) in [5.74, 6) is 0. The van der Waals surface area contributed by atoms with Gasteiger partial charge in [-0.15, -0.1) is 0 Å². The molecular weight excluding hydrogens is 300 g/mol. The van der Waals surface area contributed by atoms with Crippen molar-refractivity contribution in [3.8, 4) is 0 Å². The molecule has 1 heterocycles. The second kappa shape index (κ2) is 6.81. The number of amides is 2. The maximum Gasteiger partial charge on any atom is 0.322 e. The van der Waals surface area contributed by atoms with Gasteiger partial charge in [-0.05, 0) is 29.8 Å². The summed E-state index contributed by atoms with van der Waals surface area (Å²) >= 11 is 6.02. The second-order valence-corrected chi connectivity index (χ2v) is 5.59. The van der Waals surface area contributed by atoms with Gasteiger partial charge in [0.15, 0.2) is 0 Å². The predicted octanol–water partition coefficient (Wildman–Crippen LogP) is 3.95. The lowest BCUT2D eigenvalue weighted by atomic mass is 10.1. The molecule has 4 nitrogen and oxygen atoms in total. The monoisotopic (exact) mass is 316 g/mol. The Morgan fingerprint density at radius 1 is 1.18 bits per heavy atom. The summed E-state index contributed by atoms with van der Waals surface area (Å²) in [5.41, 5.74) is 1.78. The van der Waals surface area contributed by atoms with E-state index in [-0.39, 0.29) is 12.1 Å². The molecule has 2 aromatic carbocycles. The van der Waals surface area contributed by atoms with Gasteiger partial charge in [0.1, 0.15) is 6.10 Å². The Bertz CT molecular complexity index is 648. The highest BCUT2D eigenvalue weighted by Crippen LogP contribution is 2.25. The van der Waals surface area contributed by atoms with Crippen LogP contribution in [0.5, 0.6) is 0 Å². The number of urea groups is 1. The summed E-state index contributed by atoms with van der Waals surface area (Å²) < 4.78 is 5.77. The van der Waals surface area contributed by atoms with Gasteiger partial charge in [-0.2, -0.15) is 0 Å². The molecule has 1 fully saturated rings. The third-order valence-corrected chi connectivity index (χ3v) is 3.83. The largest absolute Gasteiger partial charge is 0.370 e. The Kier molecular flexibility index (Phi) is 4.61. The van der Waals surface area contributed by atoms with Crippen LogP contribution in [0.3, 0.4) is 0 Å². The molecule has 0 saturated carbocycles. The van der Waals surface area contributed by atoms with Crippen LogP contribution in [0.15, 0.2) is 54.6 Å². The van der Waals surface area contributed by atoms with E-state index in [4.69, 9.17) is 16.3 Å². The number of hydrogen-bond acceptors (Lipinski definition) is 2. The molecule has 114 valence electrons. The van der Waals surface area contributed by atoms with E-state index in [1.165, 1.54) is 0 Å². The molecule has 1 N–H and O–H groups in total. The van der Waals surface area contributed by atoms with E-state index in [1.54, 1.807) is 4.90 Å². The number of nitrogens with zero attached hydrogens (tertiary/aromatic N) is 1. The van der Waals surface area contributed by atoms with Crippen molar-refractivity contribution in [1.29, 1.82) is 0 Å². The number of carbonyl (C=O) groups excluding carboxylic acids is 1. The van der Waals surface area contributed by atoms with Crippen molar-refractivity contribution < 1.29 is 9.53 Å². The van der Waals surface area contributed by atoms with Crippen LogP contribution in [0.1, 0.15) is 11.7 Å². The van der Waals surface area contributed by atoms with E-state index >= 15 is 0 Å². The van der Waals surface area contributed by atoms with Crippen molar-refractivity contribution in [3.05, 3.63) is 65.2 Å². The number of benzene rings is 2. The number of ether oxygens (including phenoxy) is 1. The van der Waals surface area contributed by atoms with E-state index < -0.39 is 0 Å². The molecule has 0 aliphatic carbocycles. The van der Waals surface area contributed by atoms with E-state index in [9.17, 15) is 4.79 Å². The standard InChI is InChI=1S/C17H17ClN2O2/c18-14-6-4-5-13(11-14)16-12-20(9-10-22-16)17(21)19-15-7-2-1-3-8-15/h1-8,11,16H,9-10,12H2,(H,19,21). The van der Waals surface area contributed by atoms with E-state index in [2.05, 4.69) is 5.32 Å². The first-order chi connectivity index (χ1) is 10.7. The predicted molar refractivity (Wildman–Crippen MR) is 87.2 cm³/mol. The van der Waals surface area contributed by atoms with Crippen molar-refractivity contribution >= 4 is 23.3 Å². The number of hydrogen-bond donors (Lipinski definition) is 1. The molecule has 0 spiro atoms. The number of anilines is 1. The normalized spacial score (nSPS) is 18.0. The Balaban J connectivity index is 1.66. The minimum atomic E-state index is -0.144. The van der Waals surface area contributed by atoms with Crippen molar-refractivity contribution in [2.45, 2.75) is 6.10 Å². The van der Waals surface area contributed by atoms with Crippen molar-refractivity contribution in [1.82, 2.24) is 4.90 Å². The highest BCUT2D eigenvalue weighted by molar-refractivity contribution is 6.30. The summed E-state index contributed by atoms with van der Waals surface area (Å²) in [4.78, 5) is 14.1. The summed E-state index contributed by atoms with van der Waals surface area (Å²) in [6.07, 6.45) is -0.144. The zero-order chi connectivity index (χ0) is 15.4. The van der Waals surface area contributed by atoms with Crippen LogP contribution >= 0.6 is 11.6 Å². The summed E-state index contributed by atoms with van der Waals surface area (Å²) in [6, 6.07) is 16.9. The maximum absolute atomic E-state index is 12.3. The molecule has 1 aliphatic heterocycles. The van der Waals surface area contributed by atoms with Gasteiger partial charge in [-0.25, -0.2) is 4.79 Å². The van der Waals surface area contributed by atoms with Gasteiger partial charge in [0.25, 0.3) is 0 Å². The van der Waals surface area contributed by atoms with Crippen LogP contribution < -0.4 is 5.32 Å². The fraction of sp³-hybridized carbons (Fsp3) is 0.235. The Labute approximate surface area is 134 Å². The summed E-state index contributed by atoms with van der Waals surface area (Å²) in [7, 11) is 0. The van der Waals surface area contributed by atoms with Crippen LogP contribution in [0.2, 0.25) is 5.02 Å². The third kappa shape index (κ3) is 3.59. The first-order valence-electron chi connectivity index (χ1n) is 7.20. The number of para-hydroxylation sites is 1. The minimum Gasteiger partial charge on any atom is -0.370 e. The molecule has 1 unspecified atom stereocenters. The van der Waals surface area contributed by atoms with Crippen molar-refractivity contribution in [3.63, 3.8) is 0 Å². The number of halogens is 1. The second-order valence-electron chi connectivity index (χ2n) is 5.16. The first kappa shape index (κ1) is 14.9. The number of carbonyl (C=O) groups is 1. The lowest BCUT2D eigenvalue weighted by Gasteiger charge is -2.33. The van der Waals surface area contributed by atoms with E-state index in [1.807, 2.05) is 54.6 Å². The molecule has 0 aromatic heterocycles. The van der Waals surface area contributed by atoms with Gasteiger partial charge in [0, 0.05) is 17.3 Å². The molecule has 22 heavy (non-hydrogen) atoms. The number of rotatable bonds is 2. The highest BCUT2D eigenvalue weighted by Gasteiger charge is 2.25. The molecule has 2 aromatic rings. The average molecular weight is 317 g/mol. The molecule has 0 radical (unpaired) electrons. The zero-order valence-electron chi connectivity index (χ0n) is 12.0. The SMILES string of the molecule is O=C(Nc1ccccc1)N1CCOC(c2cccc(Cl)c2)C1.